The maximum Gasteiger partial charge on any atom is 0.134 e. The number of nitrogens with zero attached hydrogens (tertiary/aromatic N) is 4. The van der Waals surface area contributed by atoms with Gasteiger partial charge in [-0.3, -0.25) is 0 Å². The Hall–Kier alpha value is -1.36. The minimum atomic E-state index is 0.818. The number of piperidine rings is 1. The maximum atomic E-state index is 4.56. The van der Waals surface area contributed by atoms with E-state index in [9.17, 15) is 0 Å². The van der Waals surface area contributed by atoms with Crippen LogP contribution in [0.4, 0.5) is 11.6 Å². The molecule has 0 atom stereocenters. The van der Waals surface area contributed by atoms with E-state index in [1.807, 2.05) is 20.0 Å². The Morgan fingerprint density at radius 3 is 2.58 bits per heavy atom. The molecule has 1 saturated heterocycles. The van der Waals surface area contributed by atoms with E-state index in [1.54, 1.807) is 0 Å². The van der Waals surface area contributed by atoms with Crippen LogP contribution in [0.5, 0.6) is 0 Å². The minimum absolute atomic E-state index is 0.818. The summed E-state index contributed by atoms with van der Waals surface area (Å²) in [5, 5.41) is 3.10. The lowest BCUT2D eigenvalue weighted by Gasteiger charge is -2.34. The van der Waals surface area contributed by atoms with Gasteiger partial charge in [-0.15, -0.1) is 0 Å². The zero-order valence-electron chi connectivity index (χ0n) is 12.5. The highest BCUT2D eigenvalue weighted by Gasteiger charge is 2.21. The van der Waals surface area contributed by atoms with Gasteiger partial charge < -0.3 is 15.1 Å². The molecular weight excluding hydrogens is 238 g/mol. The molecule has 1 aromatic rings. The molecule has 5 nitrogen and oxygen atoms in total. The lowest BCUT2D eigenvalue weighted by atomic mass is 9.96. The number of rotatable bonds is 4. The maximum absolute atomic E-state index is 4.56. The average molecular weight is 263 g/mol. The van der Waals surface area contributed by atoms with Crippen molar-refractivity contribution in [2.45, 2.75) is 19.8 Å². The number of anilines is 2. The van der Waals surface area contributed by atoms with E-state index in [-0.39, 0.29) is 0 Å². The van der Waals surface area contributed by atoms with Crippen molar-refractivity contribution in [3.63, 3.8) is 0 Å². The first kappa shape index (κ1) is 14.1. The van der Waals surface area contributed by atoms with Gasteiger partial charge in [-0.05, 0) is 39.8 Å². The van der Waals surface area contributed by atoms with Crippen molar-refractivity contribution in [3.05, 3.63) is 11.9 Å². The Balaban J connectivity index is 1.99. The second-order valence-corrected chi connectivity index (χ2v) is 5.60. The molecule has 1 aliphatic rings. The van der Waals surface area contributed by atoms with E-state index in [4.69, 9.17) is 0 Å². The van der Waals surface area contributed by atoms with Crippen molar-refractivity contribution in [1.82, 2.24) is 14.9 Å². The Labute approximate surface area is 116 Å². The molecule has 1 aromatic heterocycles. The van der Waals surface area contributed by atoms with Crippen molar-refractivity contribution in [3.8, 4) is 0 Å². The van der Waals surface area contributed by atoms with Gasteiger partial charge in [-0.25, -0.2) is 9.97 Å². The van der Waals surface area contributed by atoms with E-state index in [1.165, 1.54) is 19.4 Å². The second kappa shape index (κ2) is 6.19. The molecule has 1 N–H and O–H groups in total. The van der Waals surface area contributed by atoms with Crippen molar-refractivity contribution < 1.29 is 0 Å². The predicted octanol–water partition coefficient (Wildman–Crippen LogP) is 1.60. The second-order valence-electron chi connectivity index (χ2n) is 5.60. The molecule has 2 heterocycles. The number of hydrogen-bond acceptors (Lipinski definition) is 5. The summed E-state index contributed by atoms with van der Waals surface area (Å²) in [5.41, 5.74) is 0. The standard InChI is InChI=1S/C14H25N5/c1-11-16-13(15-2)9-14(17-11)19-7-5-12(6-8-19)10-18(3)4/h9,12H,5-8,10H2,1-4H3,(H,15,16,17). The lowest BCUT2D eigenvalue weighted by molar-refractivity contribution is 0.284. The highest BCUT2D eigenvalue weighted by Crippen LogP contribution is 2.23. The number of aryl methyl sites for hydroxylation is 1. The van der Waals surface area contributed by atoms with Crippen LogP contribution < -0.4 is 10.2 Å². The van der Waals surface area contributed by atoms with Crippen molar-refractivity contribution in [2.24, 2.45) is 5.92 Å². The fourth-order valence-corrected chi connectivity index (χ4v) is 2.70. The summed E-state index contributed by atoms with van der Waals surface area (Å²) >= 11 is 0. The SMILES string of the molecule is CNc1cc(N2CCC(CN(C)C)CC2)nc(C)n1. The number of hydrogen-bond donors (Lipinski definition) is 1. The third-order valence-electron chi connectivity index (χ3n) is 3.64. The van der Waals surface area contributed by atoms with Gasteiger partial charge in [-0.2, -0.15) is 0 Å². The third-order valence-corrected chi connectivity index (χ3v) is 3.64. The molecule has 0 aromatic carbocycles. The van der Waals surface area contributed by atoms with Gasteiger partial charge in [0, 0.05) is 32.7 Å². The van der Waals surface area contributed by atoms with Crippen LogP contribution in [-0.2, 0) is 0 Å². The average Bonchev–Trinajstić information content (AvgIpc) is 2.38. The number of aromatic nitrogens is 2. The molecule has 0 aliphatic carbocycles. The Morgan fingerprint density at radius 1 is 1.32 bits per heavy atom. The summed E-state index contributed by atoms with van der Waals surface area (Å²) in [6, 6.07) is 2.04. The Bertz CT molecular complexity index is 410. The fourth-order valence-electron chi connectivity index (χ4n) is 2.70. The van der Waals surface area contributed by atoms with Gasteiger partial charge in [-0.1, -0.05) is 0 Å². The molecule has 19 heavy (non-hydrogen) atoms. The largest absolute Gasteiger partial charge is 0.373 e. The van der Waals surface area contributed by atoms with E-state index >= 15 is 0 Å². The fraction of sp³-hybridized carbons (Fsp3) is 0.714. The monoisotopic (exact) mass is 263 g/mol. The highest BCUT2D eigenvalue weighted by molar-refractivity contribution is 5.49. The van der Waals surface area contributed by atoms with Crippen molar-refractivity contribution in [1.29, 1.82) is 0 Å². The molecule has 5 heteroatoms. The zero-order chi connectivity index (χ0) is 13.8. The molecule has 0 spiro atoms. The van der Waals surface area contributed by atoms with Crippen LogP contribution in [0, 0.1) is 12.8 Å². The summed E-state index contributed by atoms with van der Waals surface area (Å²) in [7, 11) is 6.20. The van der Waals surface area contributed by atoms with E-state index < -0.39 is 0 Å². The topological polar surface area (TPSA) is 44.3 Å². The quantitative estimate of drug-likeness (QED) is 0.894. The summed E-state index contributed by atoms with van der Waals surface area (Å²) in [6.07, 6.45) is 2.49. The van der Waals surface area contributed by atoms with Crippen LogP contribution in [-0.4, -0.2) is 55.6 Å². The summed E-state index contributed by atoms with van der Waals surface area (Å²) in [5.74, 6) is 3.60. The first-order valence-electron chi connectivity index (χ1n) is 7.01. The third kappa shape index (κ3) is 3.80. The van der Waals surface area contributed by atoms with Gasteiger partial charge in [0.1, 0.15) is 17.5 Å². The smallest absolute Gasteiger partial charge is 0.134 e. The van der Waals surface area contributed by atoms with Crippen molar-refractivity contribution in [2.75, 3.05) is 51.0 Å². The molecule has 2 rings (SSSR count). The predicted molar refractivity (Wildman–Crippen MR) is 79.8 cm³/mol. The van der Waals surface area contributed by atoms with E-state index in [0.717, 1.165) is 36.5 Å². The zero-order valence-corrected chi connectivity index (χ0v) is 12.5. The van der Waals surface area contributed by atoms with Crippen molar-refractivity contribution >= 4 is 11.6 Å². The van der Waals surface area contributed by atoms with Gasteiger partial charge in [0.25, 0.3) is 0 Å². The molecule has 1 fully saturated rings. The van der Waals surface area contributed by atoms with Crippen LogP contribution in [0.15, 0.2) is 6.07 Å². The normalized spacial score (nSPS) is 17.0. The summed E-state index contributed by atoms with van der Waals surface area (Å²) in [4.78, 5) is 13.6. The van der Waals surface area contributed by atoms with E-state index in [0.29, 0.717) is 0 Å². The molecule has 0 radical (unpaired) electrons. The first-order chi connectivity index (χ1) is 9.08. The molecule has 0 saturated carbocycles. The van der Waals surface area contributed by atoms with Crippen LogP contribution in [0.2, 0.25) is 0 Å². The van der Waals surface area contributed by atoms with Crippen LogP contribution in [0.25, 0.3) is 0 Å². The molecule has 1 aliphatic heterocycles. The van der Waals surface area contributed by atoms with Gasteiger partial charge in [0.15, 0.2) is 0 Å². The van der Waals surface area contributed by atoms with Crippen LogP contribution >= 0.6 is 0 Å². The van der Waals surface area contributed by atoms with Gasteiger partial charge in [0.05, 0.1) is 0 Å². The van der Waals surface area contributed by atoms with Gasteiger partial charge >= 0.3 is 0 Å². The minimum Gasteiger partial charge on any atom is -0.373 e. The Morgan fingerprint density at radius 2 is 2.00 bits per heavy atom. The summed E-state index contributed by atoms with van der Waals surface area (Å²) < 4.78 is 0. The molecule has 106 valence electrons. The number of nitrogens with one attached hydrogen (secondary N) is 1. The van der Waals surface area contributed by atoms with Gasteiger partial charge in [0.2, 0.25) is 0 Å². The van der Waals surface area contributed by atoms with E-state index in [2.05, 4.69) is 39.2 Å². The van der Waals surface area contributed by atoms with Crippen LogP contribution in [0.1, 0.15) is 18.7 Å². The van der Waals surface area contributed by atoms with Crippen LogP contribution in [0.3, 0.4) is 0 Å². The highest BCUT2D eigenvalue weighted by atomic mass is 15.2. The first-order valence-corrected chi connectivity index (χ1v) is 7.01. The molecular formula is C14H25N5. The molecule has 0 bridgehead atoms. The molecule has 0 unspecified atom stereocenters. The lowest BCUT2D eigenvalue weighted by Crippen LogP contribution is -2.37. The summed E-state index contributed by atoms with van der Waals surface area (Å²) in [6.45, 7) is 5.33. The molecule has 0 amide bonds. The Kier molecular flexibility index (Phi) is 4.58.